The summed E-state index contributed by atoms with van der Waals surface area (Å²) in [6, 6.07) is 3.10. The van der Waals surface area contributed by atoms with Gasteiger partial charge in [0.1, 0.15) is 12.1 Å². The van der Waals surface area contributed by atoms with Gasteiger partial charge >= 0.3 is 6.09 Å². The molecule has 150 valence electrons. The van der Waals surface area contributed by atoms with Crippen molar-refractivity contribution in [2.24, 2.45) is 5.92 Å². The van der Waals surface area contributed by atoms with Crippen molar-refractivity contribution in [3.05, 3.63) is 33.2 Å². The molecule has 2 heterocycles. The predicted octanol–water partition coefficient (Wildman–Crippen LogP) is 2.72. The molecule has 2 amide bonds. The molecule has 0 radical (unpaired) electrons. The van der Waals surface area contributed by atoms with Crippen LogP contribution in [0.2, 0.25) is 0 Å². The quantitative estimate of drug-likeness (QED) is 0.719. The van der Waals surface area contributed by atoms with Crippen LogP contribution in [0.1, 0.15) is 33.6 Å². The standard InChI is InChI=1S/C19H28BrN3O4/c1-19(2,3)27-18(26)21(4)10-14-6-5-9-22(11-14)17(25)13-23-12-15(20)7-8-16(23)24/h7-8,12,14H,5-6,9-11,13H2,1-4H3. The van der Waals surface area contributed by atoms with E-state index in [-0.39, 0.29) is 30.0 Å². The average molecular weight is 442 g/mol. The van der Waals surface area contributed by atoms with Crippen LogP contribution < -0.4 is 5.56 Å². The van der Waals surface area contributed by atoms with Crippen LogP contribution in [0, 0.1) is 5.92 Å². The molecule has 0 aliphatic carbocycles. The minimum absolute atomic E-state index is 0.0207. The summed E-state index contributed by atoms with van der Waals surface area (Å²) in [4.78, 5) is 40.0. The Labute approximate surface area is 168 Å². The Kier molecular flexibility index (Phi) is 7.08. The topological polar surface area (TPSA) is 71.8 Å². The summed E-state index contributed by atoms with van der Waals surface area (Å²) in [5.74, 6) is 0.110. The Balaban J connectivity index is 1.93. The number of aromatic nitrogens is 1. The summed E-state index contributed by atoms with van der Waals surface area (Å²) < 4.78 is 7.54. The first-order chi connectivity index (χ1) is 12.5. The maximum absolute atomic E-state index is 12.6. The highest BCUT2D eigenvalue weighted by atomic mass is 79.9. The van der Waals surface area contributed by atoms with Gasteiger partial charge in [0.15, 0.2) is 0 Å². The second-order valence-corrected chi connectivity index (χ2v) is 8.94. The van der Waals surface area contributed by atoms with E-state index in [1.165, 1.54) is 10.6 Å². The molecule has 1 fully saturated rings. The second kappa shape index (κ2) is 8.91. The van der Waals surface area contributed by atoms with E-state index in [9.17, 15) is 14.4 Å². The summed E-state index contributed by atoms with van der Waals surface area (Å²) >= 11 is 3.32. The molecule has 1 saturated heterocycles. The largest absolute Gasteiger partial charge is 0.444 e. The lowest BCUT2D eigenvalue weighted by Crippen LogP contribution is -2.46. The third kappa shape index (κ3) is 6.68. The SMILES string of the molecule is CN(CC1CCCN(C(=O)Cn2cc(Br)ccc2=O)C1)C(=O)OC(C)(C)C. The monoisotopic (exact) mass is 441 g/mol. The Morgan fingerprint density at radius 3 is 2.70 bits per heavy atom. The summed E-state index contributed by atoms with van der Waals surface area (Å²) in [7, 11) is 1.72. The minimum Gasteiger partial charge on any atom is -0.444 e. The zero-order chi connectivity index (χ0) is 20.2. The molecule has 1 aliphatic heterocycles. The fourth-order valence-electron chi connectivity index (χ4n) is 3.11. The van der Waals surface area contributed by atoms with Crippen molar-refractivity contribution in [2.45, 2.75) is 45.8 Å². The van der Waals surface area contributed by atoms with Gasteiger partial charge in [-0.2, -0.15) is 0 Å². The Morgan fingerprint density at radius 2 is 2.04 bits per heavy atom. The van der Waals surface area contributed by atoms with E-state index < -0.39 is 5.60 Å². The Bertz CT molecular complexity index is 741. The average Bonchev–Trinajstić information content (AvgIpc) is 2.56. The van der Waals surface area contributed by atoms with Gasteiger partial charge in [0.25, 0.3) is 5.56 Å². The van der Waals surface area contributed by atoms with Crippen LogP contribution in [-0.2, 0) is 16.1 Å². The van der Waals surface area contributed by atoms with E-state index in [2.05, 4.69) is 15.9 Å². The molecular weight excluding hydrogens is 414 g/mol. The van der Waals surface area contributed by atoms with Gasteiger partial charge in [0.05, 0.1) is 0 Å². The summed E-state index contributed by atoms with van der Waals surface area (Å²) in [6.07, 6.45) is 3.10. The molecule has 2 rings (SSSR count). The van der Waals surface area contributed by atoms with Gasteiger partial charge in [0, 0.05) is 43.4 Å². The van der Waals surface area contributed by atoms with Crippen LogP contribution in [0.3, 0.4) is 0 Å². The van der Waals surface area contributed by atoms with Gasteiger partial charge in [-0.3, -0.25) is 9.59 Å². The molecule has 0 bridgehead atoms. The highest BCUT2D eigenvalue weighted by Crippen LogP contribution is 2.19. The minimum atomic E-state index is -0.531. The highest BCUT2D eigenvalue weighted by Gasteiger charge is 2.27. The van der Waals surface area contributed by atoms with Crippen molar-refractivity contribution < 1.29 is 14.3 Å². The number of nitrogens with zero attached hydrogens (tertiary/aromatic N) is 3. The van der Waals surface area contributed by atoms with E-state index in [1.807, 2.05) is 20.8 Å². The van der Waals surface area contributed by atoms with Crippen molar-refractivity contribution >= 4 is 27.9 Å². The molecule has 8 heteroatoms. The number of amides is 2. The third-order valence-electron chi connectivity index (χ3n) is 4.36. The van der Waals surface area contributed by atoms with Crippen LogP contribution in [0.15, 0.2) is 27.6 Å². The van der Waals surface area contributed by atoms with Crippen LogP contribution in [0.5, 0.6) is 0 Å². The highest BCUT2D eigenvalue weighted by molar-refractivity contribution is 9.10. The number of hydrogen-bond acceptors (Lipinski definition) is 4. The van der Waals surface area contributed by atoms with E-state index in [0.29, 0.717) is 19.6 Å². The molecule has 7 nitrogen and oxygen atoms in total. The van der Waals surface area contributed by atoms with Crippen molar-refractivity contribution in [2.75, 3.05) is 26.7 Å². The third-order valence-corrected chi connectivity index (χ3v) is 4.83. The summed E-state index contributed by atoms with van der Waals surface area (Å²) in [5, 5.41) is 0. The predicted molar refractivity (Wildman–Crippen MR) is 107 cm³/mol. The van der Waals surface area contributed by atoms with E-state index in [0.717, 1.165) is 17.3 Å². The molecule has 0 aromatic carbocycles. The van der Waals surface area contributed by atoms with Crippen LogP contribution >= 0.6 is 15.9 Å². The normalized spacial score (nSPS) is 17.5. The molecular formula is C19H28BrN3O4. The first-order valence-corrected chi connectivity index (χ1v) is 9.92. The van der Waals surface area contributed by atoms with E-state index in [1.54, 1.807) is 29.1 Å². The summed E-state index contributed by atoms with van der Waals surface area (Å²) in [5.41, 5.74) is -0.735. The second-order valence-electron chi connectivity index (χ2n) is 8.02. The number of ether oxygens (including phenoxy) is 1. The maximum atomic E-state index is 12.6. The number of halogens is 1. The fourth-order valence-corrected chi connectivity index (χ4v) is 3.49. The Hall–Kier alpha value is -1.83. The van der Waals surface area contributed by atoms with Crippen LogP contribution in [0.25, 0.3) is 0 Å². The molecule has 1 aromatic heterocycles. The number of pyridine rings is 1. The molecule has 27 heavy (non-hydrogen) atoms. The maximum Gasteiger partial charge on any atom is 0.410 e. The molecule has 0 saturated carbocycles. The van der Waals surface area contributed by atoms with Gasteiger partial charge < -0.3 is 19.1 Å². The van der Waals surface area contributed by atoms with Crippen molar-refractivity contribution in [3.8, 4) is 0 Å². The molecule has 0 N–H and O–H groups in total. The van der Waals surface area contributed by atoms with E-state index in [4.69, 9.17) is 4.74 Å². The van der Waals surface area contributed by atoms with E-state index >= 15 is 0 Å². The first kappa shape index (κ1) is 21.5. The van der Waals surface area contributed by atoms with Gasteiger partial charge in [-0.1, -0.05) is 0 Å². The number of carbonyl (C=O) groups excluding carboxylic acids is 2. The fraction of sp³-hybridized carbons (Fsp3) is 0.632. The smallest absolute Gasteiger partial charge is 0.410 e. The zero-order valence-corrected chi connectivity index (χ0v) is 18.0. The number of piperidine rings is 1. The van der Waals surface area contributed by atoms with Gasteiger partial charge in [0.2, 0.25) is 5.91 Å². The van der Waals surface area contributed by atoms with Crippen LogP contribution in [-0.4, -0.2) is 58.7 Å². The zero-order valence-electron chi connectivity index (χ0n) is 16.4. The van der Waals surface area contributed by atoms with Crippen LogP contribution in [0.4, 0.5) is 4.79 Å². The molecule has 1 atom stereocenters. The molecule has 0 spiro atoms. The Morgan fingerprint density at radius 1 is 1.33 bits per heavy atom. The van der Waals surface area contributed by atoms with Gasteiger partial charge in [-0.05, 0) is 61.5 Å². The lowest BCUT2D eigenvalue weighted by atomic mass is 9.97. The number of likely N-dealkylation sites (tertiary alicyclic amines) is 1. The van der Waals surface area contributed by atoms with Crippen molar-refractivity contribution in [1.82, 2.24) is 14.4 Å². The first-order valence-electron chi connectivity index (χ1n) is 9.13. The van der Waals surface area contributed by atoms with Crippen molar-refractivity contribution in [3.63, 3.8) is 0 Å². The molecule has 1 aromatic rings. The van der Waals surface area contributed by atoms with Gasteiger partial charge in [-0.25, -0.2) is 4.79 Å². The lowest BCUT2D eigenvalue weighted by molar-refractivity contribution is -0.133. The molecule has 1 aliphatic rings. The lowest BCUT2D eigenvalue weighted by Gasteiger charge is -2.35. The number of rotatable bonds is 4. The number of carbonyl (C=O) groups is 2. The molecule has 1 unspecified atom stereocenters. The van der Waals surface area contributed by atoms with Crippen molar-refractivity contribution in [1.29, 1.82) is 0 Å². The summed E-state index contributed by atoms with van der Waals surface area (Å²) in [6.45, 7) is 7.32. The van der Waals surface area contributed by atoms with Gasteiger partial charge in [-0.15, -0.1) is 0 Å². The number of hydrogen-bond donors (Lipinski definition) is 0.